The molecule has 0 aliphatic rings. The Morgan fingerprint density at radius 1 is 0.850 bits per heavy atom. The van der Waals surface area contributed by atoms with Gasteiger partial charge in [0.2, 0.25) is 5.96 Å². The fraction of sp³-hybridized carbons (Fsp3) is 0.0667. The number of hydrogen-bond donors (Lipinski definition) is 3. The fourth-order valence-corrected chi connectivity index (χ4v) is 1.95. The van der Waals surface area contributed by atoms with Gasteiger partial charge in [0.25, 0.3) is 0 Å². The van der Waals surface area contributed by atoms with Crippen LogP contribution < -0.4 is 17.2 Å². The number of nitrogens with zero attached hydrogens (tertiary/aromatic N) is 2. The van der Waals surface area contributed by atoms with E-state index in [-0.39, 0.29) is 11.9 Å². The molecule has 0 aromatic heterocycles. The third kappa shape index (κ3) is 3.14. The molecule has 2 aromatic rings. The van der Waals surface area contributed by atoms with Crippen molar-refractivity contribution in [2.45, 2.75) is 6.92 Å². The standard InChI is InChI=1S/C15H17N5/c1-10-6-2-3-7-11(10)12-8-4-5-9-13(12)19-15(18)20-14(16)17/h2-9H,1H3,(H6,16,17,18,19,20). The minimum Gasteiger partial charge on any atom is -0.370 e. The van der Waals surface area contributed by atoms with Crippen molar-refractivity contribution >= 4 is 17.6 Å². The minimum absolute atomic E-state index is 0.0334. The molecule has 2 rings (SSSR count). The molecule has 0 amide bonds. The number of rotatable bonds is 2. The maximum atomic E-state index is 5.69. The van der Waals surface area contributed by atoms with Gasteiger partial charge in [0.15, 0.2) is 5.96 Å². The number of aliphatic imine (C=N–C) groups is 2. The van der Waals surface area contributed by atoms with Gasteiger partial charge < -0.3 is 17.2 Å². The maximum Gasteiger partial charge on any atom is 0.223 e. The number of guanidine groups is 2. The summed E-state index contributed by atoms with van der Waals surface area (Å²) in [6.07, 6.45) is 0. The van der Waals surface area contributed by atoms with E-state index < -0.39 is 0 Å². The van der Waals surface area contributed by atoms with Gasteiger partial charge >= 0.3 is 0 Å². The molecule has 0 heterocycles. The van der Waals surface area contributed by atoms with E-state index in [1.54, 1.807) is 0 Å². The Hall–Kier alpha value is -2.82. The molecule has 0 spiro atoms. The molecule has 0 aliphatic heterocycles. The SMILES string of the molecule is Cc1ccccc1-c1ccccc1N=C(N)N=C(N)N. The van der Waals surface area contributed by atoms with Crippen LogP contribution in [0.25, 0.3) is 11.1 Å². The Balaban J connectivity index is 2.52. The highest BCUT2D eigenvalue weighted by atomic mass is 15.1. The largest absolute Gasteiger partial charge is 0.370 e. The van der Waals surface area contributed by atoms with Crippen molar-refractivity contribution in [3.63, 3.8) is 0 Å². The predicted octanol–water partition coefficient (Wildman–Crippen LogP) is 1.88. The Morgan fingerprint density at radius 3 is 2.10 bits per heavy atom. The molecule has 0 atom stereocenters. The molecular weight excluding hydrogens is 250 g/mol. The van der Waals surface area contributed by atoms with Crippen molar-refractivity contribution in [2.75, 3.05) is 0 Å². The van der Waals surface area contributed by atoms with E-state index in [2.05, 4.69) is 23.0 Å². The molecule has 2 aromatic carbocycles. The van der Waals surface area contributed by atoms with Crippen molar-refractivity contribution in [2.24, 2.45) is 27.2 Å². The van der Waals surface area contributed by atoms with E-state index in [0.29, 0.717) is 0 Å². The van der Waals surface area contributed by atoms with Crippen LogP contribution in [0.5, 0.6) is 0 Å². The minimum atomic E-state index is -0.111. The first-order valence-corrected chi connectivity index (χ1v) is 6.17. The molecular formula is C15H17N5. The summed E-state index contributed by atoms with van der Waals surface area (Å²) < 4.78 is 0. The summed E-state index contributed by atoms with van der Waals surface area (Å²) >= 11 is 0. The quantitative estimate of drug-likeness (QED) is 0.571. The molecule has 5 nitrogen and oxygen atoms in total. The maximum absolute atomic E-state index is 5.69. The summed E-state index contributed by atoms with van der Waals surface area (Å²) in [6, 6.07) is 15.8. The number of aryl methyl sites for hydroxylation is 1. The van der Waals surface area contributed by atoms with Crippen molar-refractivity contribution < 1.29 is 0 Å². The summed E-state index contributed by atoms with van der Waals surface area (Å²) in [5, 5.41) is 0. The average molecular weight is 267 g/mol. The highest BCUT2D eigenvalue weighted by Gasteiger charge is 2.06. The smallest absolute Gasteiger partial charge is 0.223 e. The summed E-state index contributed by atoms with van der Waals surface area (Å²) in [5.41, 5.74) is 20.2. The highest BCUT2D eigenvalue weighted by molar-refractivity contribution is 5.94. The van der Waals surface area contributed by atoms with Gasteiger partial charge in [0.05, 0.1) is 5.69 Å². The second kappa shape index (κ2) is 5.88. The Morgan fingerprint density at radius 2 is 1.45 bits per heavy atom. The van der Waals surface area contributed by atoms with Crippen molar-refractivity contribution in [1.82, 2.24) is 0 Å². The molecule has 0 fully saturated rings. The summed E-state index contributed by atoms with van der Waals surface area (Å²) in [5.74, 6) is -0.0781. The van der Waals surface area contributed by atoms with Crippen molar-refractivity contribution in [3.8, 4) is 11.1 Å². The number of benzene rings is 2. The zero-order valence-corrected chi connectivity index (χ0v) is 11.2. The molecule has 0 unspecified atom stereocenters. The van der Waals surface area contributed by atoms with Crippen LogP contribution in [0.3, 0.4) is 0 Å². The topological polar surface area (TPSA) is 103 Å². The van der Waals surface area contributed by atoms with Gasteiger partial charge in [-0.05, 0) is 24.1 Å². The summed E-state index contributed by atoms with van der Waals surface area (Å²) in [7, 11) is 0. The third-order valence-corrected chi connectivity index (χ3v) is 2.82. The van der Waals surface area contributed by atoms with E-state index in [1.165, 1.54) is 0 Å². The molecule has 0 radical (unpaired) electrons. The first-order chi connectivity index (χ1) is 9.58. The monoisotopic (exact) mass is 267 g/mol. The number of nitrogens with two attached hydrogens (primary N) is 3. The van der Waals surface area contributed by atoms with Gasteiger partial charge in [0, 0.05) is 5.56 Å². The molecule has 0 aliphatic carbocycles. The molecule has 102 valence electrons. The van der Waals surface area contributed by atoms with Gasteiger partial charge in [-0.25, -0.2) is 4.99 Å². The van der Waals surface area contributed by atoms with E-state index in [4.69, 9.17) is 17.2 Å². The van der Waals surface area contributed by atoms with Gasteiger partial charge in [0.1, 0.15) is 0 Å². The first-order valence-electron chi connectivity index (χ1n) is 6.17. The Kier molecular flexibility index (Phi) is 4.00. The van der Waals surface area contributed by atoms with Crippen LogP contribution in [0.15, 0.2) is 58.5 Å². The van der Waals surface area contributed by atoms with E-state index >= 15 is 0 Å². The lowest BCUT2D eigenvalue weighted by Gasteiger charge is -2.09. The van der Waals surface area contributed by atoms with Crippen LogP contribution in [0.1, 0.15) is 5.56 Å². The fourth-order valence-electron chi connectivity index (χ4n) is 1.95. The zero-order valence-electron chi connectivity index (χ0n) is 11.2. The molecule has 0 bridgehead atoms. The lowest BCUT2D eigenvalue weighted by atomic mass is 9.99. The second-order valence-corrected chi connectivity index (χ2v) is 4.34. The van der Waals surface area contributed by atoms with Gasteiger partial charge in [-0.1, -0.05) is 42.5 Å². The third-order valence-electron chi connectivity index (χ3n) is 2.82. The predicted molar refractivity (Wildman–Crippen MR) is 83.7 cm³/mol. The summed E-state index contributed by atoms with van der Waals surface area (Å²) in [6.45, 7) is 2.05. The van der Waals surface area contributed by atoms with Crippen LogP contribution in [-0.2, 0) is 0 Å². The molecule has 20 heavy (non-hydrogen) atoms. The second-order valence-electron chi connectivity index (χ2n) is 4.34. The molecule has 6 N–H and O–H groups in total. The van der Waals surface area contributed by atoms with Crippen LogP contribution in [0, 0.1) is 6.92 Å². The van der Waals surface area contributed by atoms with Crippen LogP contribution in [-0.4, -0.2) is 11.9 Å². The lowest BCUT2D eigenvalue weighted by molar-refractivity contribution is 1.37. The highest BCUT2D eigenvalue weighted by Crippen LogP contribution is 2.32. The van der Waals surface area contributed by atoms with E-state index in [0.717, 1.165) is 22.4 Å². The molecule has 5 heteroatoms. The van der Waals surface area contributed by atoms with E-state index in [1.807, 2.05) is 42.5 Å². The van der Waals surface area contributed by atoms with Crippen molar-refractivity contribution in [3.05, 3.63) is 54.1 Å². The summed E-state index contributed by atoms with van der Waals surface area (Å²) in [4.78, 5) is 7.99. The van der Waals surface area contributed by atoms with Gasteiger partial charge in [-0.2, -0.15) is 4.99 Å². The Bertz CT molecular complexity index is 669. The number of hydrogen-bond acceptors (Lipinski definition) is 1. The molecule has 0 saturated carbocycles. The van der Waals surface area contributed by atoms with E-state index in [9.17, 15) is 0 Å². The lowest BCUT2D eigenvalue weighted by Crippen LogP contribution is -2.26. The van der Waals surface area contributed by atoms with Gasteiger partial charge in [-0.3, -0.25) is 0 Å². The van der Waals surface area contributed by atoms with Gasteiger partial charge in [-0.15, -0.1) is 0 Å². The first kappa shape index (κ1) is 13.6. The molecule has 0 saturated heterocycles. The van der Waals surface area contributed by atoms with Crippen LogP contribution in [0.2, 0.25) is 0 Å². The number of para-hydroxylation sites is 1. The Labute approximate surface area is 117 Å². The average Bonchev–Trinajstić information content (AvgIpc) is 2.39. The van der Waals surface area contributed by atoms with Crippen LogP contribution >= 0.6 is 0 Å². The normalized spacial score (nSPS) is 11.2. The van der Waals surface area contributed by atoms with Crippen LogP contribution in [0.4, 0.5) is 5.69 Å². The zero-order chi connectivity index (χ0) is 14.5. The van der Waals surface area contributed by atoms with Crippen molar-refractivity contribution in [1.29, 1.82) is 0 Å².